The summed E-state index contributed by atoms with van der Waals surface area (Å²) in [4.78, 5) is 27.2. The summed E-state index contributed by atoms with van der Waals surface area (Å²) in [5, 5.41) is 4.66. The van der Waals surface area contributed by atoms with Crippen LogP contribution in [0.25, 0.3) is 0 Å². The minimum atomic E-state index is -0.555. The van der Waals surface area contributed by atoms with Gasteiger partial charge in [-0.2, -0.15) is 0 Å². The molecule has 0 bridgehead atoms. The standard InChI is InChI=1S/C19H24N2O3S/c1-13(16-7-6-12-25-16)21(5)17(22)14-8-10-15(11-9-14)20-18(23)24-19(2,3)4/h6-13H,1-5H3,(H,20,23). The number of nitrogens with one attached hydrogen (secondary N) is 1. The summed E-state index contributed by atoms with van der Waals surface area (Å²) in [5.74, 6) is -0.0651. The zero-order valence-corrected chi connectivity index (χ0v) is 16.0. The quantitative estimate of drug-likeness (QED) is 0.841. The predicted octanol–water partition coefficient (Wildman–Crippen LogP) is 4.93. The Morgan fingerprint density at radius 3 is 2.32 bits per heavy atom. The van der Waals surface area contributed by atoms with Crippen molar-refractivity contribution in [1.29, 1.82) is 0 Å². The molecule has 1 aromatic heterocycles. The van der Waals surface area contributed by atoms with Gasteiger partial charge in [0.25, 0.3) is 5.91 Å². The maximum absolute atomic E-state index is 12.6. The summed E-state index contributed by atoms with van der Waals surface area (Å²) in [7, 11) is 1.79. The molecule has 0 spiro atoms. The third-order valence-electron chi connectivity index (χ3n) is 3.63. The smallest absolute Gasteiger partial charge is 0.412 e. The van der Waals surface area contributed by atoms with Gasteiger partial charge in [0.05, 0.1) is 6.04 Å². The van der Waals surface area contributed by atoms with Crippen molar-refractivity contribution in [2.45, 2.75) is 39.3 Å². The Balaban J connectivity index is 2.01. The summed E-state index contributed by atoms with van der Waals surface area (Å²) in [6, 6.07) is 10.8. The maximum atomic E-state index is 12.6. The molecule has 0 saturated heterocycles. The molecule has 1 atom stereocenters. The van der Waals surface area contributed by atoms with Gasteiger partial charge in [0.1, 0.15) is 5.60 Å². The fourth-order valence-electron chi connectivity index (χ4n) is 2.22. The van der Waals surface area contributed by atoms with Crippen molar-refractivity contribution < 1.29 is 14.3 Å². The number of hydrogen-bond acceptors (Lipinski definition) is 4. The molecule has 25 heavy (non-hydrogen) atoms. The summed E-state index contributed by atoms with van der Waals surface area (Å²) >= 11 is 1.63. The van der Waals surface area contributed by atoms with Crippen LogP contribution >= 0.6 is 11.3 Å². The normalized spacial score (nSPS) is 12.4. The zero-order chi connectivity index (χ0) is 18.6. The molecule has 2 rings (SSSR count). The summed E-state index contributed by atoms with van der Waals surface area (Å²) in [6.07, 6.45) is -0.519. The first-order valence-electron chi connectivity index (χ1n) is 8.08. The summed E-state index contributed by atoms with van der Waals surface area (Å²) in [6.45, 7) is 7.42. The van der Waals surface area contributed by atoms with Crippen molar-refractivity contribution in [1.82, 2.24) is 4.90 Å². The third kappa shape index (κ3) is 5.32. The first-order chi connectivity index (χ1) is 11.7. The van der Waals surface area contributed by atoms with Crippen molar-refractivity contribution in [3.8, 4) is 0 Å². The Morgan fingerprint density at radius 1 is 1.16 bits per heavy atom. The molecule has 1 N–H and O–H groups in total. The SMILES string of the molecule is CC(c1cccs1)N(C)C(=O)c1ccc(NC(=O)OC(C)(C)C)cc1. The monoisotopic (exact) mass is 360 g/mol. The average Bonchev–Trinajstić information content (AvgIpc) is 3.06. The molecular weight excluding hydrogens is 336 g/mol. The van der Waals surface area contributed by atoms with Crippen LogP contribution in [0.4, 0.5) is 10.5 Å². The van der Waals surface area contributed by atoms with Crippen LogP contribution in [0.2, 0.25) is 0 Å². The van der Waals surface area contributed by atoms with E-state index in [2.05, 4.69) is 5.32 Å². The van der Waals surface area contributed by atoms with Gasteiger partial charge < -0.3 is 9.64 Å². The molecule has 2 amide bonds. The lowest BCUT2D eigenvalue weighted by atomic mass is 10.1. The van der Waals surface area contributed by atoms with E-state index in [4.69, 9.17) is 4.74 Å². The van der Waals surface area contributed by atoms with E-state index in [1.807, 2.05) is 24.4 Å². The van der Waals surface area contributed by atoms with E-state index < -0.39 is 11.7 Å². The fraction of sp³-hybridized carbons (Fsp3) is 0.368. The van der Waals surface area contributed by atoms with Crippen molar-refractivity contribution in [2.75, 3.05) is 12.4 Å². The molecule has 1 unspecified atom stereocenters. The van der Waals surface area contributed by atoms with Gasteiger partial charge >= 0.3 is 6.09 Å². The number of nitrogens with zero attached hydrogens (tertiary/aromatic N) is 1. The minimum absolute atomic E-state index is 0.00654. The second-order valence-electron chi connectivity index (χ2n) is 6.81. The number of rotatable bonds is 4. The lowest BCUT2D eigenvalue weighted by Gasteiger charge is -2.24. The van der Waals surface area contributed by atoms with Crippen LogP contribution in [0, 0.1) is 0 Å². The second-order valence-corrected chi connectivity index (χ2v) is 7.79. The largest absolute Gasteiger partial charge is 0.444 e. The molecule has 2 aromatic rings. The van der Waals surface area contributed by atoms with Crippen LogP contribution in [0.3, 0.4) is 0 Å². The third-order valence-corrected chi connectivity index (χ3v) is 4.68. The Labute approximate surface area is 152 Å². The number of carbonyl (C=O) groups excluding carboxylic acids is 2. The molecule has 6 heteroatoms. The number of anilines is 1. The fourth-order valence-corrected chi connectivity index (χ4v) is 3.04. The van der Waals surface area contributed by atoms with Crippen LogP contribution in [0.15, 0.2) is 41.8 Å². The van der Waals surface area contributed by atoms with E-state index in [1.54, 1.807) is 68.3 Å². The lowest BCUT2D eigenvalue weighted by molar-refractivity contribution is 0.0635. The Hall–Kier alpha value is -2.34. The maximum Gasteiger partial charge on any atom is 0.412 e. The topological polar surface area (TPSA) is 58.6 Å². The van der Waals surface area contributed by atoms with Crippen LogP contribution in [-0.2, 0) is 4.74 Å². The Bertz CT molecular complexity index is 718. The van der Waals surface area contributed by atoms with E-state index in [0.29, 0.717) is 11.3 Å². The Kier molecular flexibility index (Phi) is 5.85. The highest BCUT2D eigenvalue weighted by molar-refractivity contribution is 7.10. The van der Waals surface area contributed by atoms with Crippen molar-refractivity contribution in [3.05, 3.63) is 52.2 Å². The molecule has 0 aliphatic rings. The van der Waals surface area contributed by atoms with Gasteiger partial charge in [0.2, 0.25) is 0 Å². The number of amides is 2. The number of carbonyl (C=O) groups is 2. The average molecular weight is 360 g/mol. The first-order valence-corrected chi connectivity index (χ1v) is 8.96. The molecule has 0 fully saturated rings. The highest BCUT2D eigenvalue weighted by Crippen LogP contribution is 2.25. The summed E-state index contributed by atoms with van der Waals surface area (Å²) < 4.78 is 5.21. The van der Waals surface area contributed by atoms with Crippen molar-refractivity contribution in [3.63, 3.8) is 0 Å². The number of hydrogen-bond donors (Lipinski definition) is 1. The van der Waals surface area contributed by atoms with Crippen LogP contribution in [-0.4, -0.2) is 29.5 Å². The van der Waals surface area contributed by atoms with Crippen molar-refractivity contribution in [2.24, 2.45) is 0 Å². The van der Waals surface area contributed by atoms with Crippen LogP contribution in [0.1, 0.15) is 49.0 Å². The Morgan fingerprint density at radius 2 is 1.80 bits per heavy atom. The van der Waals surface area contributed by atoms with E-state index in [9.17, 15) is 9.59 Å². The van der Waals surface area contributed by atoms with Gasteiger partial charge in [-0.3, -0.25) is 10.1 Å². The van der Waals surface area contributed by atoms with E-state index in [0.717, 1.165) is 4.88 Å². The molecule has 0 radical (unpaired) electrons. The molecule has 134 valence electrons. The van der Waals surface area contributed by atoms with Gasteiger partial charge in [-0.25, -0.2) is 4.79 Å². The molecule has 0 saturated carbocycles. The molecule has 5 nitrogen and oxygen atoms in total. The van der Waals surface area contributed by atoms with E-state index >= 15 is 0 Å². The highest BCUT2D eigenvalue weighted by Gasteiger charge is 2.20. The summed E-state index contributed by atoms with van der Waals surface area (Å²) in [5.41, 5.74) is 0.598. The molecule has 0 aliphatic carbocycles. The van der Waals surface area contributed by atoms with Gasteiger partial charge in [0.15, 0.2) is 0 Å². The minimum Gasteiger partial charge on any atom is -0.444 e. The number of benzene rings is 1. The van der Waals surface area contributed by atoms with Crippen molar-refractivity contribution >= 4 is 29.0 Å². The van der Waals surface area contributed by atoms with E-state index in [-0.39, 0.29) is 11.9 Å². The van der Waals surface area contributed by atoms with E-state index in [1.165, 1.54) is 0 Å². The molecule has 1 heterocycles. The van der Waals surface area contributed by atoms with Gasteiger partial charge in [-0.15, -0.1) is 11.3 Å². The van der Waals surface area contributed by atoms with Gasteiger partial charge in [0, 0.05) is 23.2 Å². The second kappa shape index (κ2) is 7.70. The lowest BCUT2D eigenvalue weighted by Crippen LogP contribution is -2.29. The van der Waals surface area contributed by atoms with Gasteiger partial charge in [-0.05, 0) is 63.4 Å². The number of ether oxygens (including phenoxy) is 1. The van der Waals surface area contributed by atoms with Gasteiger partial charge in [-0.1, -0.05) is 6.07 Å². The predicted molar refractivity (Wildman–Crippen MR) is 101 cm³/mol. The molecule has 1 aromatic carbocycles. The zero-order valence-electron chi connectivity index (χ0n) is 15.2. The van der Waals surface area contributed by atoms with Crippen LogP contribution < -0.4 is 5.32 Å². The molecule has 0 aliphatic heterocycles. The number of thiophene rings is 1. The molecular formula is C19H24N2O3S. The highest BCUT2D eigenvalue weighted by atomic mass is 32.1. The van der Waals surface area contributed by atoms with Crippen LogP contribution in [0.5, 0.6) is 0 Å². The first kappa shape index (κ1) is 19.0.